The van der Waals surface area contributed by atoms with E-state index < -0.39 is 17.6 Å². The Labute approximate surface area is 209 Å². The van der Waals surface area contributed by atoms with Crippen LogP contribution in [0.5, 0.6) is 0 Å². The number of nitrogens with one attached hydrogen (secondary N) is 1. The van der Waals surface area contributed by atoms with E-state index in [2.05, 4.69) is 43.1 Å². The van der Waals surface area contributed by atoms with Crippen molar-refractivity contribution < 1.29 is 19.5 Å². The van der Waals surface area contributed by atoms with Crippen molar-refractivity contribution in [1.29, 1.82) is 0 Å². The molecule has 2 heterocycles. The third-order valence-corrected chi connectivity index (χ3v) is 6.99. The molecule has 2 amide bonds. The van der Waals surface area contributed by atoms with Gasteiger partial charge in [-0.25, -0.2) is 0 Å². The van der Waals surface area contributed by atoms with Gasteiger partial charge in [0.1, 0.15) is 11.6 Å². The molecule has 1 aromatic rings. The number of carbonyl (C=O) groups excluding carboxylic acids is 2. The summed E-state index contributed by atoms with van der Waals surface area (Å²) in [6.45, 7) is 9.24. The minimum Gasteiger partial charge on any atom is -0.481 e. The fourth-order valence-electron chi connectivity index (χ4n) is 5.05. The van der Waals surface area contributed by atoms with Gasteiger partial charge in [0.25, 0.3) is 0 Å². The van der Waals surface area contributed by atoms with Crippen LogP contribution in [0.3, 0.4) is 0 Å². The molecule has 7 nitrogen and oxygen atoms in total. The van der Waals surface area contributed by atoms with Gasteiger partial charge in [-0.1, -0.05) is 51.5 Å². The minimum absolute atomic E-state index is 0. The van der Waals surface area contributed by atoms with Crippen LogP contribution in [0.15, 0.2) is 24.3 Å². The Morgan fingerprint density at radius 2 is 1.76 bits per heavy atom. The Morgan fingerprint density at radius 1 is 1.15 bits per heavy atom. The summed E-state index contributed by atoms with van der Waals surface area (Å²) in [7, 11) is 0. The standard InChI is InChI=1S/C26H39N3O4.ClH/c1-4-5-14-29-24(32)22(17-19(2)3)27-25(33)26(29)12-15-28(16-13-26)18-21-8-6-20(7-9-21)10-11-23(30)31;/h6-9,19,22H,4-5,10-18H2,1-3H3,(H,27,33)(H,30,31);1H/t22-;/m0./s1. The zero-order chi connectivity index (χ0) is 24.0. The Bertz CT molecular complexity index is 835. The zero-order valence-electron chi connectivity index (χ0n) is 20.7. The fourth-order valence-corrected chi connectivity index (χ4v) is 5.05. The highest BCUT2D eigenvalue weighted by atomic mass is 35.5. The molecule has 1 spiro atoms. The lowest BCUT2D eigenvalue weighted by Gasteiger charge is -2.52. The Kier molecular flexibility index (Phi) is 10.4. The Morgan fingerprint density at radius 3 is 2.32 bits per heavy atom. The summed E-state index contributed by atoms with van der Waals surface area (Å²) in [5.74, 6) is -0.331. The topological polar surface area (TPSA) is 90.0 Å². The number of rotatable bonds is 10. The lowest BCUT2D eigenvalue weighted by Crippen LogP contribution is -2.73. The number of amides is 2. The quantitative estimate of drug-likeness (QED) is 0.519. The molecule has 2 aliphatic rings. The smallest absolute Gasteiger partial charge is 0.303 e. The summed E-state index contributed by atoms with van der Waals surface area (Å²) in [4.78, 5) is 41.7. The first-order valence-electron chi connectivity index (χ1n) is 12.4. The highest BCUT2D eigenvalue weighted by Gasteiger charge is 2.53. The zero-order valence-corrected chi connectivity index (χ0v) is 21.5. The number of nitrogens with zero attached hydrogens (tertiary/aromatic N) is 2. The van der Waals surface area contributed by atoms with Gasteiger partial charge in [0.2, 0.25) is 11.8 Å². The second-order valence-corrected chi connectivity index (χ2v) is 10.0. The molecule has 2 N–H and O–H groups in total. The number of aryl methyl sites for hydroxylation is 1. The maximum absolute atomic E-state index is 13.3. The molecule has 3 rings (SSSR count). The average molecular weight is 494 g/mol. The first-order chi connectivity index (χ1) is 15.7. The number of halogens is 1. The highest BCUT2D eigenvalue weighted by molar-refractivity contribution is 6.00. The van der Waals surface area contributed by atoms with E-state index in [0.717, 1.165) is 38.0 Å². The van der Waals surface area contributed by atoms with Gasteiger partial charge in [0.05, 0.1) is 0 Å². The van der Waals surface area contributed by atoms with Crippen LogP contribution in [0.2, 0.25) is 0 Å². The Hall–Kier alpha value is -2.12. The van der Waals surface area contributed by atoms with Crippen molar-refractivity contribution in [3.8, 4) is 0 Å². The van der Waals surface area contributed by atoms with Gasteiger partial charge in [-0.15, -0.1) is 12.4 Å². The predicted octanol–water partition coefficient (Wildman–Crippen LogP) is 3.63. The first kappa shape index (κ1) is 28.1. The third kappa shape index (κ3) is 6.72. The van der Waals surface area contributed by atoms with Gasteiger partial charge in [-0.2, -0.15) is 0 Å². The molecular weight excluding hydrogens is 454 g/mol. The van der Waals surface area contributed by atoms with Crippen LogP contribution >= 0.6 is 12.4 Å². The van der Waals surface area contributed by atoms with Crippen molar-refractivity contribution in [3.63, 3.8) is 0 Å². The van der Waals surface area contributed by atoms with Gasteiger partial charge >= 0.3 is 5.97 Å². The van der Waals surface area contributed by atoms with E-state index in [9.17, 15) is 14.4 Å². The number of carboxylic acids is 1. The number of piperazine rings is 1. The maximum Gasteiger partial charge on any atom is 0.303 e. The van der Waals surface area contributed by atoms with Crippen molar-refractivity contribution in [1.82, 2.24) is 15.1 Å². The number of benzene rings is 1. The van der Waals surface area contributed by atoms with E-state index in [1.165, 1.54) is 5.56 Å². The van der Waals surface area contributed by atoms with Gasteiger partial charge in [-0.3, -0.25) is 19.3 Å². The van der Waals surface area contributed by atoms with E-state index in [0.29, 0.717) is 38.1 Å². The van der Waals surface area contributed by atoms with E-state index in [4.69, 9.17) is 5.11 Å². The van der Waals surface area contributed by atoms with Gasteiger partial charge in [0.15, 0.2) is 0 Å². The number of hydrogen-bond donors (Lipinski definition) is 2. The van der Waals surface area contributed by atoms with Crippen LogP contribution in [-0.4, -0.2) is 63.9 Å². The van der Waals surface area contributed by atoms with E-state index in [1.807, 2.05) is 17.0 Å². The average Bonchev–Trinajstić information content (AvgIpc) is 2.78. The number of unbranched alkanes of at least 4 members (excludes halogenated alkanes) is 1. The molecule has 0 unspecified atom stereocenters. The van der Waals surface area contributed by atoms with E-state index >= 15 is 0 Å². The first-order valence-corrected chi connectivity index (χ1v) is 12.4. The van der Waals surface area contributed by atoms with Crippen LogP contribution < -0.4 is 5.32 Å². The summed E-state index contributed by atoms with van der Waals surface area (Å²) < 4.78 is 0. The third-order valence-electron chi connectivity index (χ3n) is 6.99. The van der Waals surface area contributed by atoms with Crippen LogP contribution in [0.4, 0.5) is 0 Å². The molecule has 1 aromatic carbocycles. The molecule has 0 aliphatic carbocycles. The fraction of sp³-hybridized carbons (Fsp3) is 0.654. The molecule has 1 atom stereocenters. The van der Waals surface area contributed by atoms with Crippen LogP contribution in [0.1, 0.15) is 70.4 Å². The summed E-state index contributed by atoms with van der Waals surface area (Å²) in [5.41, 5.74) is 1.48. The molecule has 0 saturated carbocycles. The summed E-state index contributed by atoms with van der Waals surface area (Å²) in [6, 6.07) is 7.71. The summed E-state index contributed by atoms with van der Waals surface area (Å²) in [6.07, 6.45) is 4.56. The lowest BCUT2D eigenvalue weighted by molar-refractivity contribution is -0.161. The normalized spacial score (nSPS) is 20.4. The SMILES string of the molecule is CCCCN1C(=O)[C@H](CC(C)C)NC(=O)C12CCN(Cc1ccc(CCC(=O)O)cc1)CC2.Cl. The number of carboxylic acid groups (broad SMARTS) is 1. The second-order valence-electron chi connectivity index (χ2n) is 10.0. The molecule has 34 heavy (non-hydrogen) atoms. The van der Waals surface area contributed by atoms with Gasteiger partial charge in [0, 0.05) is 32.6 Å². The number of aliphatic carboxylic acids is 1. The predicted molar refractivity (Wildman–Crippen MR) is 135 cm³/mol. The second kappa shape index (κ2) is 12.5. The largest absolute Gasteiger partial charge is 0.481 e. The van der Waals surface area contributed by atoms with E-state index in [1.54, 1.807) is 0 Å². The summed E-state index contributed by atoms with van der Waals surface area (Å²) in [5, 5.41) is 11.9. The van der Waals surface area contributed by atoms with Crippen molar-refractivity contribution in [3.05, 3.63) is 35.4 Å². The molecule has 8 heteroatoms. The molecule has 0 aromatic heterocycles. The van der Waals surface area contributed by atoms with E-state index in [-0.39, 0.29) is 30.6 Å². The van der Waals surface area contributed by atoms with Crippen LogP contribution in [0.25, 0.3) is 0 Å². The van der Waals surface area contributed by atoms with Crippen LogP contribution in [0, 0.1) is 5.92 Å². The number of carbonyl (C=O) groups is 3. The number of hydrogen-bond acceptors (Lipinski definition) is 4. The van der Waals surface area contributed by atoms with Crippen molar-refractivity contribution in [2.45, 2.75) is 83.8 Å². The summed E-state index contributed by atoms with van der Waals surface area (Å²) >= 11 is 0. The van der Waals surface area contributed by atoms with Crippen LogP contribution in [-0.2, 0) is 27.3 Å². The van der Waals surface area contributed by atoms with Gasteiger partial charge in [-0.05, 0) is 49.1 Å². The molecular formula is C26H40ClN3O4. The number of piperidine rings is 1. The molecule has 0 radical (unpaired) electrons. The monoisotopic (exact) mass is 493 g/mol. The van der Waals surface area contributed by atoms with Crippen molar-refractivity contribution >= 4 is 30.2 Å². The highest BCUT2D eigenvalue weighted by Crippen LogP contribution is 2.34. The molecule has 2 fully saturated rings. The Balaban J connectivity index is 0.00000408. The molecule has 190 valence electrons. The van der Waals surface area contributed by atoms with Gasteiger partial charge < -0.3 is 15.3 Å². The maximum atomic E-state index is 13.3. The molecule has 0 bridgehead atoms. The molecule has 2 saturated heterocycles. The number of likely N-dealkylation sites (tertiary alicyclic amines) is 1. The molecule has 2 aliphatic heterocycles. The lowest BCUT2D eigenvalue weighted by atomic mass is 9.80. The van der Waals surface area contributed by atoms with Crippen molar-refractivity contribution in [2.24, 2.45) is 5.92 Å². The minimum atomic E-state index is -0.782. The van der Waals surface area contributed by atoms with Crippen molar-refractivity contribution in [2.75, 3.05) is 19.6 Å².